The molecule has 0 radical (unpaired) electrons. The Labute approximate surface area is 87.2 Å². The summed E-state index contributed by atoms with van der Waals surface area (Å²) in [6.45, 7) is 4.47. The molecule has 0 rings (SSSR count). The summed E-state index contributed by atoms with van der Waals surface area (Å²) < 4.78 is 5.73. The molecule has 0 saturated carbocycles. The summed E-state index contributed by atoms with van der Waals surface area (Å²) in [5.74, 6) is -0.401. The standard InChI is InChI=1S/C9H20NO3P/c1-6-13-8(2)14(12)9(11)7-10(3,4)5/h8H,6-7H2,1-5H3/p+1. The van der Waals surface area contributed by atoms with Crippen molar-refractivity contribution < 1.29 is 19.2 Å². The normalized spacial score (nSPS) is 16.5. The van der Waals surface area contributed by atoms with E-state index in [2.05, 4.69) is 0 Å². The second-order valence-electron chi connectivity index (χ2n) is 4.25. The molecule has 14 heavy (non-hydrogen) atoms. The smallest absolute Gasteiger partial charge is 0.276 e. The first kappa shape index (κ1) is 14.0. The summed E-state index contributed by atoms with van der Waals surface area (Å²) >= 11 is 0. The molecule has 0 aliphatic rings. The molecule has 4 nitrogen and oxygen atoms in total. The van der Waals surface area contributed by atoms with Gasteiger partial charge in [0.1, 0.15) is 7.77 Å². The molecule has 2 unspecified atom stereocenters. The Morgan fingerprint density at radius 3 is 2.36 bits per heavy atom. The summed E-state index contributed by atoms with van der Waals surface area (Å²) in [5, 5.41) is 9.59. The van der Waals surface area contributed by atoms with Crippen LogP contribution in [0.15, 0.2) is 0 Å². The Balaban J connectivity index is 4.42. The van der Waals surface area contributed by atoms with Crippen molar-refractivity contribution >= 4 is 13.3 Å². The zero-order valence-corrected chi connectivity index (χ0v) is 10.5. The quantitative estimate of drug-likeness (QED) is 0.539. The number of aliphatic hydroxyl groups excluding tert-OH is 1. The van der Waals surface area contributed by atoms with Crippen LogP contribution in [-0.4, -0.2) is 55.2 Å². The molecule has 84 valence electrons. The number of ether oxygens (including phenoxy) is 1. The van der Waals surface area contributed by atoms with Gasteiger partial charge >= 0.3 is 0 Å². The minimum absolute atomic E-state index is 0.0356. The average Bonchev–Trinajstić information content (AvgIpc) is 2.00. The molecule has 0 aliphatic heterocycles. The highest BCUT2D eigenvalue weighted by molar-refractivity contribution is 7.51. The number of aliphatic hydroxyl groups is 1. The first-order chi connectivity index (χ1) is 6.28. The van der Waals surface area contributed by atoms with Crippen molar-refractivity contribution in [1.82, 2.24) is 0 Å². The molecular weight excluding hydrogens is 201 g/mol. The monoisotopic (exact) mass is 222 g/mol. The second-order valence-corrected chi connectivity index (χ2v) is 6.14. The van der Waals surface area contributed by atoms with E-state index in [1.54, 1.807) is 6.92 Å². The van der Waals surface area contributed by atoms with Gasteiger partial charge in [-0.05, 0) is 6.92 Å². The van der Waals surface area contributed by atoms with Crippen LogP contribution in [0.25, 0.3) is 0 Å². The highest BCUT2D eigenvalue weighted by Gasteiger charge is 2.21. The molecule has 0 fully saturated rings. The maximum Gasteiger partial charge on any atom is 0.276 e. The Kier molecular flexibility index (Phi) is 5.79. The van der Waals surface area contributed by atoms with Crippen LogP contribution in [0.3, 0.4) is 0 Å². The van der Waals surface area contributed by atoms with Crippen LogP contribution in [0.2, 0.25) is 0 Å². The minimum Gasteiger partial charge on any atom is -0.626 e. The first-order valence-electron chi connectivity index (χ1n) is 4.71. The number of quaternary nitrogens is 1. The predicted molar refractivity (Wildman–Crippen MR) is 57.9 cm³/mol. The third-order valence-electron chi connectivity index (χ3n) is 1.61. The summed E-state index contributed by atoms with van der Waals surface area (Å²) in [4.78, 5) is 11.6. The van der Waals surface area contributed by atoms with E-state index in [-0.39, 0.29) is 5.48 Å². The third kappa shape index (κ3) is 5.68. The van der Waals surface area contributed by atoms with E-state index < -0.39 is 13.6 Å². The molecule has 0 amide bonds. The second kappa shape index (κ2) is 5.79. The van der Waals surface area contributed by atoms with Crippen LogP contribution < -0.4 is 4.89 Å². The highest BCUT2D eigenvalue weighted by Crippen LogP contribution is 2.22. The van der Waals surface area contributed by atoms with Crippen molar-refractivity contribution in [2.75, 3.05) is 34.3 Å². The number of hydrogen-bond acceptors (Lipinski definition) is 2. The van der Waals surface area contributed by atoms with Crippen molar-refractivity contribution in [3.05, 3.63) is 0 Å². The molecule has 2 atom stereocenters. The van der Waals surface area contributed by atoms with Gasteiger partial charge in [0.05, 0.1) is 21.1 Å². The molecule has 0 aromatic carbocycles. The topological polar surface area (TPSA) is 52.5 Å². The Bertz CT molecular complexity index is 211. The van der Waals surface area contributed by atoms with Gasteiger partial charge in [0.15, 0.2) is 6.54 Å². The SMILES string of the molecule is CCOC(C)/[P+]([O-])=C(\O)C[N+](C)(C)C. The summed E-state index contributed by atoms with van der Waals surface area (Å²) in [5.41, 5.74) is 0.0356. The molecule has 0 spiro atoms. The van der Waals surface area contributed by atoms with Gasteiger partial charge < -0.3 is 19.2 Å². The number of rotatable bonds is 5. The lowest BCUT2D eigenvalue weighted by molar-refractivity contribution is -0.861. The average molecular weight is 222 g/mol. The van der Waals surface area contributed by atoms with E-state index in [1.807, 2.05) is 28.1 Å². The van der Waals surface area contributed by atoms with Crippen LogP contribution in [-0.2, 0) is 4.74 Å². The fraction of sp³-hybridized carbons (Fsp3) is 0.889. The molecule has 0 aromatic heterocycles. The third-order valence-corrected chi connectivity index (χ3v) is 3.07. The van der Waals surface area contributed by atoms with Crippen LogP contribution >= 0.6 is 7.77 Å². The zero-order valence-electron chi connectivity index (χ0n) is 9.65. The summed E-state index contributed by atoms with van der Waals surface area (Å²) in [6.07, 6.45) is 0. The van der Waals surface area contributed by atoms with Gasteiger partial charge in [-0.1, -0.05) is 0 Å². The lowest BCUT2D eigenvalue weighted by Gasteiger charge is -2.22. The van der Waals surface area contributed by atoms with Crippen molar-refractivity contribution in [3.8, 4) is 0 Å². The molecule has 0 heterocycles. The number of likely N-dealkylation sites (N-methyl/N-ethyl adjacent to an activating group) is 1. The van der Waals surface area contributed by atoms with Crippen molar-refractivity contribution in [3.63, 3.8) is 0 Å². The van der Waals surface area contributed by atoms with E-state index in [0.717, 1.165) is 0 Å². The Morgan fingerprint density at radius 1 is 1.50 bits per heavy atom. The molecule has 0 bridgehead atoms. The van der Waals surface area contributed by atoms with Crippen LogP contribution in [0.1, 0.15) is 13.8 Å². The van der Waals surface area contributed by atoms with E-state index in [9.17, 15) is 10.00 Å². The van der Waals surface area contributed by atoms with Gasteiger partial charge in [0.25, 0.3) is 5.48 Å². The van der Waals surface area contributed by atoms with Crippen molar-refractivity contribution in [1.29, 1.82) is 0 Å². The van der Waals surface area contributed by atoms with Gasteiger partial charge in [-0.15, -0.1) is 0 Å². The molecule has 0 aromatic rings. The van der Waals surface area contributed by atoms with Gasteiger partial charge in [-0.25, -0.2) is 0 Å². The van der Waals surface area contributed by atoms with E-state index >= 15 is 0 Å². The maximum absolute atomic E-state index is 11.6. The fourth-order valence-corrected chi connectivity index (χ4v) is 2.28. The summed E-state index contributed by atoms with van der Waals surface area (Å²) in [6, 6.07) is 0. The predicted octanol–water partition coefficient (Wildman–Crippen LogP) is 0.335. The maximum atomic E-state index is 11.6. The fourth-order valence-electron chi connectivity index (χ4n) is 1.01. The highest BCUT2D eigenvalue weighted by atomic mass is 31.1. The lowest BCUT2D eigenvalue weighted by Crippen LogP contribution is -2.40. The summed E-state index contributed by atoms with van der Waals surface area (Å²) in [7, 11) is 4.02. The molecule has 1 N–H and O–H groups in total. The van der Waals surface area contributed by atoms with Crippen LogP contribution in [0.4, 0.5) is 0 Å². The van der Waals surface area contributed by atoms with Gasteiger partial charge in [0.2, 0.25) is 5.85 Å². The molecule has 0 aliphatic carbocycles. The van der Waals surface area contributed by atoms with Gasteiger partial charge in [0, 0.05) is 13.5 Å². The Morgan fingerprint density at radius 2 is 2.00 bits per heavy atom. The zero-order chi connectivity index (χ0) is 11.4. The Hall–Kier alpha value is 0.0100. The molecule has 5 heteroatoms. The lowest BCUT2D eigenvalue weighted by atomic mass is 10.5. The van der Waals surface area contributed by atoms with E-state index in [0.29, 0.717) is 17.6 Å². The van der Waals surface area contributed by atoms with Gasteiger partial charge in [-0.2, -0.15) is 0 Å². The van der Waals surface area contributed by atoms with Crippen molar-refractivity contribution in [2.24, 2.45) is 0 Å². The van der Waals surface area contributed by atoms with E-state index in [1.165, 1.54) is 0 Å². The first-order valence-corrected chi connectivity index (χ1v) is 6.04. The molecule has 0 saturated heterocycles. The van der Waals surface area contributed by atoms with Crippen LogP contribution in [0.5, 0.6) is 0 Å². The number of hydrogen-bond donors (Lipinski definition) is 1. The van der Waals surface area contributed by atoms with Crippen molar-refractivity contribution in [2.45, 2.75) is 19.7 Å². The minimum atomic E-state index is -1.79. The number of nitrogens with zero attached hydrogens (tertiary/aromatic N) is 1. The molecular formula is C9H21NO3P+. The largest absolute Gasteiger partial charge is 0.626 e. The van der Waals surface area contributed by atoms with E-state index in [4.69, 9.17) is 4.74 Å². The van der Waals surface area contributed by atoms with Crippen LogP contribution in [0, 0.1) is 0 Å². The van der Waals surface area contributed by atoms with Gasteiger partial charge in [-0.3, -0.25) is 0 Å².